The smallest absolute Gasteiger partial charge is 0.129 e. The van der Waals surface area contributed by atoms with Gasteiger partial charge in [0.15, 0.2) is 0 Å². The van der Waals surface area contributed by atoms with Gasteiger partial charge in [-0.2, -0.15) is 0 Å². The second-order valence-corrected chi connectivity index (χ2v) is 5.48. The zero-order valence-corrected chi connectivity index (χ0v) is 12.9. The maximum atomic E-state index is 13.8. The molecular weight excluding hydrogens is 321 g/mol. The number of nitrogens with two attached hydrogens (primary N) is 1. The number of aryl methyl sites for hydroxylation is 1. The Morgan fingerprint density at radius 2 is 1.90 bits per heavy atom. The minimum atomic E-state index is -0.326. The van der Waals surface area contributed by atoms with Gasteiger partial charge in [-0.15, -0.1) is 0 Å². The Bertz CT molecular complexity index is 551. The number of hydrogen-bond acceptors (Lipinski definition) is 2. The van der Waals surface area contributed by atoms with Crippen molar-refractivity contribution >= 4 is 15.9 Å². The van der Waals surface area contributed by atoms with Crippen LogP contribution in [-0.2, 0) is 6.42 Å². The molecule has 2 N–H and O–H groups in total. The van der Waals surface area contributed by atoms with Crippen molar-refractivity contribution < 1.29 is 9.13 Å². The first-order valence-corrected chi connectivity index (χ1v) is 7.23. The van der Waals surface area contributed by atoms with Crippen molar-refractivity contribution in [2.24, 2.45) is 5.73 Å². The lowest BCUT2D eigenvalue weighted by Gasteiger charge is -2.15. The zero-order valence-electron chi connectivity index (χ0n) is 11.3. The minimum absolute atomic E-state index is 0.262. The van der Waals surface area contributed by atoms with Crippen molar-refractivity contribution in [1.82, 2.24) is 0 Å². The summed E-state index contributed by atoms with van der Waals surface area (Å²) in [5.74, 6) is 0.566. The topological polar surface area (TPSA) is 35.2 Å². The van der Waals surface area contributed by atoms with Crippen LogP contribution < -0.4 is 10.5 Å². The molecule has 0 fully saturated rings. The Hall–Kier alpha value is -1.39. The first-order chi connectivity index (χ1) is 9.61. The van der Waals surface area contributed by atoms with E-state index in [-0.39, 0.29) is 11.9 Å². The first kappa shape index (κ1) is 15.0. The molecule has 0 spiro atoms. The molecule has 20 heavy (non-hydrogen) atoms. The summed E-state index contributed by atoms with van der Waals surface area (Å²) in [6.07, 6.45) is 1.48. The summed E-state index contributed by atoms with van der Waals surface area (Å²) in [5, 5.41) is 0. The number of halogens is 2. The molecule has 0 aliphatic carbocycles. The lowest BCUT2D eigenvalue weighted by atomic mass is 9.99. The molecule has 4 heteroatoms. The van der Waals surface area contributed by atoms with E-state index in [9.17, 15) is 4.39 Å². The highest BCUT2D eigenvalue weighted by Crippen LogP contribution is 2.27. The fraction of sp³-hybridized carbons (Fsp3) is 0.250. The quantitative estimate of drug-likeness (QED) is 0.886. The summed E-state index contributed by atoms with van der Waals surface area (Å²) in [6, 6.07) is 12.4. The summed E-state index contributed by atoms with van der Waals surface area (Å²) < 4.78 is 19.6. The average molecular weight is 338 g/mol. The summed E-state index contributed by atoms with van der Waals surface area (Å²) in [7, 11) is 1.64. The van der Waals surface area contributed by atoms with E-state index in [4.69, 9.17) is 10.5 Å². The van der Waals surface area contributed by atoms with Crippen molar-refractivity contribution in [3.63, 3.8) is 0 Å². The summed E-state index contributed by atoms with van der Waals surface area (Å²) >= 11 is 3.36. The molecule has 106 valence electrons. The largest absolute Gasteiger partial charge is 0.497 e. The lowest BCUT2D eigenvalue weighted by Crippen LogP contribution is -2.14. The van der Waals surface area contributed by atoms with Crippen molar-refractivity contribution in [1.29, 1.82) is 0 Å². The molecule has 0 saturated carbocycles. The fourth-order valence-electron chi connectivity index (χ4n) is 2.12. The Labute approximate surface area is 126 Å². The maximum Gasteiger partial charge on any atom is 0.129 e. The van der Waals surface area contributed by atoms with Gasteiger partial charge in [-0.1, -0.05) is 34.1 Å². The molecule has 2 nitrogen and oxygen atoms in total. The van der Waals surface area contributed by atoms with Gasteiger partial charge in [-0.25, -0.2) is 4.39 Å². The van der Waals surface area contributed by atoms with Crippen LogP contribution in [0.5, 0.6) is 5.75 Å². The molecule has 0 radical (unpaired) electrons. The number of benzene rings is 2. The van der Waals surface area contributed by atoms with Crippen LogP contribution in [0.2, 0.25) is 0 Å². The van der Waals surface area contributed by atoms with Crippen molar-refractivity contribution in [3.8, 4) is 5.75 Å². The van der Waals surface area contributed by atoms with E-state index >= 15 is 0 Å². The Morgan fingerprint density at radius 1 is 1.20 bits per heavy atom. The molecule has 0 saturated heterocycles. The van der Waals surface area contributed by atoms with E-state index in [0.29, 0.717) is 12.0 Å². The monoisotopic (exact) mass is 337 g/mol. The molecule has 0 aliphatic heterocycles. The standard InChI is InChI=1S/C16H17BrFNO/c1-20-12-8-5-11(6-9-12)7-10-15(19)16-13(17)3-2-4-14(16)18/h2-6,8-9,15H,7,10,19H2,1H3. The molecule has 0 amide bonds. The average Bonchev–Trinajstić information content (AvgIpc) is 2.45. The lowest BCUT2D eigenvalue weighted by molar-refractivity contribution is 0.414. The van der Waals surface area contributed by atoms with E-state index < -0.39 is 0 Å². The third-order valence-electron chi connectivity index (χ3n) is 3.27. The van der Waals surface area contributed by atoms with Gasteiger partial charge >= 0.3 is 0 Å². The fourth-order valence-corrected chi connectivity index (χ4v) is 2.76. The van der Waals surface area contributed by atoms with Gasteiger partial charge in [0.25, 0.3) is 0 Å². The second-order valence-electron chi connectivity index (χ2n) is 4.63. The second kappa shape index (κ2) is 6.86. The maximum absolute atomic E-state index is 13.8. The number of methoxy groups -OCH3 is 1. The highest BCUT2D eigenvalue weighted by molar-refractivity contribution is 9.10. The molecule has 0 bridgehead atoms. The summed E-state index contributed by atoms with van der Waals surface area (Å²) in [6.45, 7) is 0. The minimum Gasteiger partial charge on any atom is -0.497 e. The van der Waals surface area contributed by atoms with Crippen LogP contribution in [0.4, 0.5) is 4.39 Å². The molecular formula is C16H17BrFNO. The van der Waals surface area contributed by atoms with Gasteiger partial charge in [-0.05, 0) is 42.7 Å². The van der Waals surface area contributed by atoms with Gasteiger partial charge in [0.05, 0.1) is 7.11 Å². The normalized spacial score (nSPS) is 12.2. The highest BCUT2D eigenvalue weighted by Gasteiger charge is 2.14. The van der Waals surface area contributed by atoms with Crippen LogP contribution in [-0.4, -0.2) is 7.11 Å². The zero-order chi connectivity index (χ0) is 14.5. The van der Waals surface area contributed by atoms with E-state index in [2.05, 4.69) is 15.9 Å². The molecule has 0 aromatic heterocycles. The number of rotatable bonds is 5. The van der Waals surface area contributed by atoms with Crippen LogP contribution >= 0.6 is 15.9 Å². The molecule has 2 aromatic carbocycles. The van der Waals surface area contributed by atoms with Gasteiger partial charge < -0.3 is 10.5 Å². The predicted molar refractivity (Wildman–Crippen MR) is 82.3 cm³/mol. The molecule has 0 heterocycles. The van der Waals surface area contributed by atoms with Gasteiger partial charge in [0, 0.05) is 16.1 Å². The van der Waals surface area contributed by atoms with Crippen LogP contribution in [0.3, 0.4) is 0 Å². The molecule has 0 aliphatic rings. The Balaban J connectivity index is 2.02. The van der Waals surface area contributed by atoms with E-state index in [1.807, 2.05) is 30.3 Å². The molecule has 1 atom stereocenters. The SMILES string of the molecule is COc1ccc(CCC(N)c2c(F)cccc2Br)cc1. The van der Waals surface area contributed by atoms with Crippen LogP contribution in [0.25, 0.3) is 0 Å². The van der Waals surface area contributed by atoms with Gasteiger partial charge in [0.2, 0.25) is 0 Å². The number of hydrogen-bond donors (Lipinski definition) is 1. The highest BCUT2D eigenvalue weighted by atomic mass is 79.9. The summed E-state index contributed by atoms with van der Waals surface area (Å²) in [5.41, 5.74) is 7.81. The van der Waals surface area contributed by atoms with E-state index in [0.717, 1.165) is 22.2 Å². The Kier molecular flexibility index (Phi) is 5.15. The predicted octanol–water partition coefficient (Wildman–Crippen LogP) is 4.23. The van der Waals surface area contributed by atoms with Crippen LogP contribution in [0, 0.1) is 5.82 Å². The molecule has 2 aromatic rings. The van der Waals surface area contributed by atoms with Gasteiger partial charge in [-0.3, -0.25) is 0 Å². The van der Waals surface area contributed by atoms with Crippen molar-refractivity contribution in [2.45, 2.75) is 18.9 Å². The summed E-state index contributed by atoms with van der Waals surface area (Å²) in [4.78, 5) is 0. The van der Waals surface area contributed by atoms with E-state index in [1.165, 1.54) is 6.07 Å². The number of ether oxygens (including phenoxy) is 1. The van der Waals surface area contributed by atoms with Crippen LogP contribution in [0.15, 0.2) is 46.9 Å². The first-order valence-electron chi connectivity index (χ1n) is 6.44. The molecule has 1 unspecified atom stereocenters. The van der Waals surface area contributed by atoms with Crippen molar-refractivity contribution in [2.75, 3.05) is 7.11 Å². The third-order valence-corrected chi connectivity index (χ3v) is 3.97. The van der Waals surface area contributed by atoms with E-state index in [1.54, 1.807) is 13.2 Å². The van der Waals surface area contributed by atoms with Gasteiger partial charge in [0.1, 0.15) is 11.6 Å². The van der Waals surface area contributed by atoms with Crippen LogP contribution in [0.1, 0.15) is 23.6 Å². The third kappa shape index (κ3) is 3.58. The molecule has 2 rings (SSSR count). The van der Waals surface area contributed by atoms with Crippen molar-refractivity contribution in [3.05, 3.63) is 63.9 Å². The Morgan fingerprint density at radius 3 is 2.50 bits per heavy atom.